The average Bonchev–Trinajstić information content (AvgIpc) is 2.27. The standard InChI is InChI=1S/C13H20N2O/c1-4-7-16-13-5-6-14-9-12(13)10-15-8-11(2)3/h4-6,9,11,15H,1,7-8,10H2,2-3H3. The average molecular weight is 220 g/mol. The van der Waals surface area contributed by atoms with Gasteiger partial charge < -0.3 is 10.1 Å². The Bertz CT molecular complexity index is 323. The van der Waals surface area contributed by atoms with Crippen LogP contribution in [0.2, 0.25) is 0 Å². The van der Waals surface area contributed by atoms with Crippen LogP contribution in [-0.4, -0.2) is 18.1 Å². The van der Waals surface area contributed by atoms with E-state index in [9.17, 15) is 0 Å². The van der Waals surface area contributed by atoms with Gasteiger partial charge in [-0.05, 0) is 18.5 Å². The van der Waals surface area contributed by atoms with Crippen molar-refractivity contribution in [2.75, 3.05) is 13.2 Å². The predicted octanol–water partition coefficient (Wildman–Crippen LogP) is 2.39. The van der Waals surface area contributed by atoms with Crippen LogP contribution in [0.3, 0.4) is 0 Å². The lowest BCUT2D eigenvalue weighted by atomic mass is 10.2. The second-order valence-corrected chi connectivity index (χ2v) is 4.11. The van der Waals surface area contributed by atoms with Crippen LogP contribution in [0.15, 0.2) is 31.1 Å². The fourth-order valence-corrected chi connectivity index (χ4v) is 1.33. The van der Waals surface area contributed by atoms with Gasteiger partial charge in [-0.3, -0.25) is 4.98 Å². The molecule has 1 N–H and O–H groups in total. The van der Waals surface area contributed by atoms with E-state index in [0.29, 0.717) is 12.5 Å². The highest BCUT2D eigenvalue weighted by Crippen LogP contribution is 2.16. The maximum Gasteiger partial charge on any atom is 0.127 e. The van der Waals surface area contributed by atoms with Gasteiger partial charge in [0.2, 0.25) is 0 Å². The zero-order chi connectivity index (χ0) is 11.8. The van der Waals surface area contributed by atoms with Crippen LogP contribution in [0.5, 0.6) is 5.75 Å². The molecule has 16 heavy (non-hydrogen) atoms. The first-order valence-corrected chi connectivity index (χ1v) is 5.61. The zero-order valence-corrected chi connectivity index (χ0v) is 10.1. The van der Waals surface area contributed by atoms with E-state index in [0.717, 1.165) is 24.4 Å². The Hall–Kier alpha value is -1.35. The van der Waals surface area contributed by atoms with E-state index in [1.807, 2.05) is 12.3 Å². The normalized spacial score (nSPS) is 10.4. The Labute approximate surface area is 97.5 Å². The summed E-state index contributed by atoms with van der Waals surface area (Å²) in [7, 11) is 0. The maximum absolute atomic E-state index is 5.55. The van der Waals surface area contributed by atoms with Crippen molar-refractivity contribution in [3.63, 3.8) is 0 Å². The Morgan fingerprint density at radius 3 is 3.06 bits per heavy atom. The maximum atomic E-state index is 5.55. The molecule has 1 heterocycles. The van der Waals surface area contributed by atoms with Gasteiger partial charge in [-0.1, -0.05) is 26.5 Å². The van der Waals surface area contributed by atoms with Crippen molar-refractivity contribution in [3.05, 3.63) is 36.7 Å². The molecule has 0 atom stereocenters. The lowest BCUT2D eigenvalue weighted by Gasteiger charge is -2.11. The summed E-state index contributed by atoms with van der Waals surface area (Å²) >= 11 is 0. The van der Waals surface area contributed by atoms with Gasteiger partial charge in [-0.25, -0.2) is 0 Å². The number of nitrogens with one attached hydrogen (secondary N) is 1. The Morgan fingerprint density at radius 2 is 2.38 bits per heavy atom. The van der Waals surface area contributed by atoms with Crippen LogP contribution in [0.25, 0.3) is 0 Å². The van der Waals surface area contributed by atoms with Crippen LogP contribution in [0.4, 0.5) is 0 Å². The van der Waals surface area contributed by atoms with Crippen molar-refractivity contribution < 1.29 is 4.74 Å². The number of rotatable bonds is 7. The number of hydrogen-bond donors (Lipinski definition) is 1. The molecule has 0 unspecified atom stereocenters. The molecule has 0 bridgehead atoms. The van der Waals surface area contributed by atoms with Gasteiger partial charge in [0.25, 0.3) is 0 Å². The number of nitrogens with zero attached hydrogens (tertiary/aromatic N) is 1. The summed E-state index contributed by atoms with van der Waals surface area (Å²) in [5.41, 5.74) is 1.09. The van der Waals surface area contributed by atoms with Gasteiger partial charge in [0.05, 0.1) is 0 Å². The molecule has 88 valence electrons. The van der Waals surface area contributed by atoms with Gasteiger partial charge in [-0.15, -0.1) is 0 Å². The molecule has 1 aromatic rings. The van der Waals surface area contributed by atoms with Crippen LogP contribution >= 0.6 is 0 Å². The first kappa shape index (κ1) is 12.7. The highest BCUT2D eigenvalue weighted by atomic mass is 16.5. The molecule has 0 saturated carbocycles. The minimum atomic E-state index is 0.529. The van der Waals surface area contributed by atoms with Crippen molar-refractivity contribution in [3.8, 4) is 5.75 Å². The van der Waals surface area contributed by atoms with Crippen molar-refractivity contribution in [2.24, 2.45) is 5.92 Å². The largest absolute Gasteiger partial charge is 0.489 e. The summed E-state index contributed by atoms with van der Waals surface area (Å²) in [5.74, 6) is 1.53. The molecular formula is C13H20N2O. The quantitative estimate of drug-likeness (QED) is 0.716. The van der Waals surface area contributed by atoms with Crippen molar-refractivity contribution in [1.29, 1.82) is 0 Å². The molecule has 0 fully saturated rings. The fraction of sp³-hybridized carbons (Fsp3) is 0.462. The van der Waals surface area contributed by atoms with Crippen LogP contribution in [0, 0.1) is 5.92 Å². The van der Waals surface area contributed by atoms with Crippen molar-refractivity contribution >= 4 is 0 Å². The topological polar surface area (TPSA) is 34.1 Å². The summed E-state index contributed by atoms with van der Waals surface area (Å²) in [6.45, 7) is 10.3. The number of ether oxygens (including phenoxy) is 1. The van der Waals surface area contributed by atoms with E-state index in [2.05, 4.69) is 30.7 Å². The van der Waals surface area contributed by atoms with E-state index in [1.54, 1.807) is 12.3 Å². The number of pyridine rings is 1. The Kier molecular flexibility index (Phi) is 5.57. The van der Waals surface area contributed by atoms with Gasteiger partial charge in [0, 0.05) is 24.5 Å². The van der Waals surface area contributed by atoms with E-state index < -0.39 is 0 Å². The minimum Gasteiger partial charge on any atom is -0.489 e. The molecule has 1 rings (SSSR count). The van der Waals surface area contributed by atoms with Crippen LogP contribution in [-0.2, 0) is 6.54 Å². The van der Waals surface area contributed by atoms with E-state index >= 15 is 0 Å². The molecule has 0 radical (unpaired) electrons. The Balaban J connectivity index is 2.52. The third kappa shape index (κ3) is 4.45. The lowest BCUT2D eigenvalue weighted by Crippen LogP contribution is -2.19. The third-order valence-corrected chi connectivity index (χ3v) is 2.08. The smallest absolute Gasteiger partial charge is 0.127 e. The van der Waals surface area contributed by atoms with Crippen LogP contribution in [0.1, 0.15) is 19.4 Å². The predicted molar refractivity (Wildman–Crippen MR) is 66.5 cm³/mol. The fourth-order valence-electron chi connectivity index (χ4n) is 1.33. The first-order valence-electron chi connectivity index (χ1n) is 5.61. The minimum absolute atomic E-state index is 0.529. The van der Waals surface area contributed by atoms with Gasteiger partial charge >= 0.3 is 0 Å². The first-order chi connectivity index (χ1) is 7.74. The number of aromatic nitrogens is 1. The molecule has 0 aromatic carbocycles. The van der Waals surface area contributed by atoms with E-state index in [4.69, 9.17) is 4.74 Å². The summed E-state index contributed by atoms with van der Waals surface area (Å²) in [6, 6.07) is 1.88. The number of hydrogen-bond acceptors (Lipinski definition) is 3. The molecule has 0 saturated heterocycles. The van der Waals surface area contributed by atoms with Gasteiger partial charge in [0.15, 0.2) is 0 Å². The molecule has 3 nitrogen and oxygen atoms in total. The lowest BCUT2D eigenvalue weighted by molar-refractivity contribution is 0.357. The third-order valence-electron chi connectivity index (χ3n) is 2.08. The molecule has 0 aliphatic carbocycles. The second-order valence-electron chi connectivity index (χ2n) is 4.11. The van der Waals surface area contributed by atoms with Gasteiger partial charge in [0.1, 0.15) is 12.4 Å². The van der Waals surface area contributed by atoms with Gasteiger partial charge in [-0.2, -0.15) is 0 Å². The monoisotopic (exact) mass is 220 g/mol. The molecule has 0 amide bonds. The molecule has 0 aliphatic rings. The second kappa shape index (κ2) is 7.01. The van der Waals surface area contributed by atoms with E-state index in [1.165, 1.54) is 0 Å². The molecule has 0 aliphatic heterocycles. The SMILES string of the molecule is C=CCOc1ccncc1CNCC(C)C. The molecule has 1 aromatic heterocycles. The molecule has 0 spiro atoms. The summed E-state index contributed by atoms with van der Waals surface area (Å²) in [4.78, 5) is 4.11. The highest BCUT2D eigenvalue weighted by molar-refractivity contribution is 5.30. The molecule has 3 heteroatoms. The van der Waals surface area contributed by atoms with E-state index in [-0.39, 0.29) is 0 Å². The summed E-state index contributed by atoms with van der Waals surface area (Å²) in [6.07, 6.45) is 5.32. The summed E-state index contributed by atoms with van der Waals surface area (Å²) in [5, 5.41) is 3.37. The summed E-state index contributed by atoms with van der Waals surface area (Å²) < 4.78 is 5.55. The molecular weight excluding hydrogens is 200 g/mol. The van der Waals surface area contributed by atoms with Crippen molar-refractivity contribution in [2.45, 2.75) is 20.4 Å². The zero-order valence-electron chi connectivity index (χ0n) is 10.1. The highest BCUT2D eigenvalue weighted by Gasteiger charge is 2.02. The van der Waals surface area contributed by atoms with Crippen molar-refractivity contribution in [1.82, 2.24) is 10.3 Å². The Morgan fingerprint density at radius 1 is 1.56 bits per heavy atom. The van der Waals surface area contributed by atoms with Crippen LogP contribution < -0.4 is 10.1 Å².